The maximum absolute atomic E-state index is 15.9. The highest BCUT2D eigenvalue weighted by Gasteiger charge is 2.21. The summed E-state index contributed by atoms with van der Waals surface area (Å²) in [5.74, 6) is -0.405. The highest BCUT2D eigenvalue weighted by molar-refractivity contribution is 5.98. The number of nitrogens with zero attached hydrogens (tertiary/aromatic N) is 5. The molecule has 0 amide bonds. The molecule has 172 valence electrons. The lowest BCUT2D eigenvalue weighted by atomic mass is 10.0. The number of aromatic nitrogens is 6. The number of anilines is 1. The van der Waals surface area contributed by atoms with Crippen molar-refractivity contribution in [3.63, 3.8) is 0 Å². The number of imidazole rings is 1. The molecule has 2 aromatic carbocycles. The Kier molecular flexibility index (Phi) is 4.77. The highest BCUT2D eigenvalue weighted by Crippen LogP contribution is 2.34. The van der Waals surface area contributed by atoms with E-state index < -0.39 is 5.82 Å². The third-order valence-corrected chi connectivity index (χ3v) is 5.95. The van der Waals surface area contributed by atoms with Gasteiger partial charge in [-0.25, -0.2) is 13.8 Å². The average molecular weight is 467 g/mol. The predicted octanol–water partition coefficient (Wildman–Crippen LogP) is 5.57. The molecule has 0 bridgehead atoms. The number of para-hydroxylation sites is 1. The first-order valence-electron chi connectivity index (χ1n) is 10.9. The Hall–Kier alpha value is -4.66. The van der Waals surface area contributed by atoms with Gasteiger partial charge in [-0.05, 0) is 29.8 Å². The van der Waals surface area contributed by atoms with Crippen molar-refractivity contribution in [2.45, 2.75) is 0 Å². The zero-order valence-electron chi connectivity index (χ0n) is 18.8. The van der Waals surface area contributed by atoms with Gasteiger partial charge in [0, 0.05) is 31.4 Å². The normalized spacial score (nSPS) is 11.4. The maximum Gasteiger partial charge on any atom is 0.161 e. The van der Waals surface area contributed by atoms with Gasteiger partial charge in [0.25, 0.3) is 0 Å². The van der Waals surface area contributed by atoms with Crippen molar-refractivity contribution < 1.29 is 8.78 Å². The van der Waals surface area contributed by atoms with Crippen LogP contribution in [-0.2, 0) is 0 Å². The van der Waals surface area contributed by atoms with E-state index in [1.54, 1.807) is 30.7 Å². The first kappa shape index (κ1) is 20.9. The number of nitrogens with one attached hydrogen (secondary N) is 2. The van der Waals surface area contributed by atoms with Crippen LogP contribution in [0.1, 0.15) is 0 Å². The van der Waals surface area contributed by atoms with Crippen LogP contribution >= 0.6 is 0 Å². The van der Waals surface area contributed by atoms with Crippen LogP contribution in [0.4, 0.5) is 14.5 Å². The second kappa shape index (κ2) is 7.98. The van der Waals surface area contributed by atoms with E-state index in [4.69, 9.17) is 4.98 Å². The Morgan fingerprint density at radius 3 is 2.49 bits per heavy atom. The number of rotatable bonds is 4. The number of H-pyrrole nitrogens is 2. The van der Waals surface area contributed by atoms with E-state index in [2.05, 4.69) is 25.1 Å². The van der Waals surface area contributed by atoms with E-state index in [0.29, 0.717) is 28.1 Å². The van der Waals surface area contributed by atoms with Crippen molar-refractivity contribution >= 4 is 27.6 Å². The Morgan fingerprint density at radius 2 is 1.69 bits per heavy atom. The fourth-order valence-electron chi connectivity index (χ4n) is 4.16. The van der Waals surface area contributed by atoms with Crippen molar-refractivity contribution in [2.24, 2.45) is 0 Å². The van der Waals surface area contributed by atoms with E-state index in [1.165, 1.54) is 12.1 Å². The summed E-state index contributed by atoms with van der Waals surface area (Å²) in [5.41, 5.74) is 5.48. The van der Waals surface area contributed by atoms with Gasteiger partial charge in [-0.15, -0.1) is 0 Å². The van der Waals surface area contributed by atoms with Gasteiger partial charge in [-0.3, -0.25) is 15.1 Å². The SMILES string of the molecule is CN(C)c1cncc(-c2ncc3[nH]nc(-c4nc5c(-c6ccc(F)cc6)cccc5[nH]4)c3c2F)c1. The molecule has 0 aliphatic carbocycles. The van der Waals surface area contributed by atoms with Crippen LogP contribution in [0.3, 0.4) is 0 Å². The molecule has 0 aliphatic heterocycles. The first-order valence-corrected chi connectivity index (χ1v) is 10.9. The Morgan fingerprint density at radius 1 is 0.857 bits per heavy atom. The summed E-state index contributed by atoms with van der Waals surface area (Å²) in [6, 6.07) is 13.7. The molecule has 0 unspecified atom stereocenters. The molecular formula is C26H19F2N7. The second-order valence-corrected chi connectivity index (χ2v) is 8.40. The summed E-state index contributed by atoms with van der Waals surface area (Å²) in [4.78, 5) is 18.4. The zero-order valence-corrected chi connectivity index (χ0v) is 18.8. The summed E-state index contributed by atoms with van der Waals surface area (Å²) in [6.07, 6.45) is 4.84. The van der Waals surface area contributed by atoms with Crippen LogP contribution in [0.2, 0.25) is 0 Å². The standard InChI is InChI=1S/C26H19F2N7/c1-35(2)17-10-15(11-29-12-17)23-22(28)21-20(13-30-23)33-34-25(21)26-31-19-5-3-4-18(24(19)32-26)14-6-8-16(27)9-7-14/h3-13H,1-2H3,(H,31,32)(H,33,34). The summed E-state index contributed by atoms with van der Waals surface area (Å²) in [7, 11) is 3.79. The van der Waals surface area contributed by atoms with Gasteiger partial charge in [-0.1, -0.05) is 24.3 Å². The van der Waals surface area contributed by atoms with Crippen molar-refractivity contribution in [1.29, 1.82) is 0 Å². The van der Waals surface area contributed by atoms with E-state index in [9.17, 15) is 4.39 Å². The fraction of sp³-hybridized carbons (Fsp3) is 0.0769. The van der Waals surface area contributed by atoms with Crippen molar-refractivity contribution in [2.75, 3.05) is 19.0 Å². The molecule has 0 fully saturated rings. The number of hydrogen-bond acceptors (Lipinski definition) is 5. The quantitative estimate of drug-likeness (QED) is 0.354. The van der Waals surface area contributed by atoms with Crippen LogP contribution in [0, 0.1) is 11.6 Å². The highest BCUT2D eigenvalue weighted by atomic mass is 19.1. The molecule has 7 nitrogen and oxygen atoms in total. The van der Waals surface area contributed by atoms with E-state index in [1.807, 2.05) is 43.3 Å². The molecule has 0 aliphatic rings. The minimum absolute atomic E-state index is 0.180. The van der Waals surface area contributed by atoms with Crippen LogP contribution in [0.5, 0.6) is 0 Å². The Labute approximate surface area is 198 Å². The lowest BCUT2D eigenvalue weighted by Crippen LogP contribution is -2.09. The molecule has 2 N–H and O–H groups in total. The van der Waals surface area contributed by atoms with Gasteiger partial charge < -0.3 is 9.88 Å². The molecule has 35 heavy (non-hydrogen) atoms. The molecule has 0 radical (unpaired) electrons. The van der Waals surface area contributed by atoms with Gasteiger partial charge in [-0.2, -0.15) is 5.10 Å². The summed E-state index contributed by atoms with van der Waals surface area (Å²) >= 11 is 0. The van der Waals surface area contributed by atoms with Gasteiger partial charge in [0.05, 0.1) is 40.0 Å². The second-order valence-electron chi connectivity index (χ2n) is 8.40. The molecule has 6 rings (SSSR count). The maximum atomic E-state index is 15.9. The van der Waals surface area contributed by atoms with E-state index in [0.717, 1.165) is 22.3 Å². The van der Waals surface area contributed by atoms with Gasteiger partial charge in [0.15, 0.2) is 11.6 Å². The largest absolute Gasteiger partial charge is 0.376 e. The number of hydrogen-bond donors (Lipinski definition) is 2. The third kappa shape index (κ3) is 3.48. The van der Waals surface area contributed by atoms with Crippen LogP contribution < -0.4 is 4.90 Å². The van der Waals surface area contributed by atoms with Crippen molar-refractivity contribution in [3.8, 4) is 33.9 Å². The van der Waals surface area contributed by atoms with Gasteiger partial charge >= 0.3 is 0 Å². The van der Waals surface area contributed by atoms with Crippen LogP contribution in [0.15, 0.2) is 67.1 Å². The minimum Gasteiger partial charge on any atom is -0.376 e. The zero-order chi connectivity index (χ0) is 24.1. The van der Waals surface area contributed by atoms with E-state index in [-0.39, 0.29) is 16.9 Å². The molecule has 0 saturated carbocycles. The van der Waals surface area contributed by atoms with E-state index >= 15 is 4.39 Å². The van der Waals surface area contributed by atoms with Crippen molar-refractivity contribution in [1.82, 2.24) is 30.1 Å². The van der Waals surface area contributed by atoms with Crippen LogP contribution in [-0.4, -0.2) is 44.2 Å². The molecule has 0 spiro atoms. The summed E-state index contributed by atoms with van der Waals surface area (Å²) in [6.45, 7) is 0. The van der Waals surface area contributed by atoms with Gasteiger partial charge in [0.2, 0.25) is 0 Å². The minimum atomic E-state index is -0.511. The van der Waals surface area contributed by atoms with Crippen molar-refractivity contribution in [3.05, 3.63) is 78.8 Å². The number of benzene rings is 2. The van der Waals surface area contributed by atoms with Crippen LogP contribution in [0.25, 0.3) is 55.8 Å². The lowest BCUT2D eigenvalue weighted by Gasteiger charge is -2.13. The smallest absolute Gasteiger partial charge is 0.161 e. The number of aromatic amines is 2. The molecule has 0 saturated heterocycles. The Balaban J connectivity index is 1.51. The monoisotopic (exact) mass is 467 g/mol. The molecule has 6 aromatic rings. The third-order valence-electron chi connectivity index (χ3n) is 5.95. The Bertz CT molecular complexity index is 1700. The lowest BCUT2D eigenvalue weighted by molar-refractivity contribution is 0.628. The first-order chi connectivity index (χ1) is 17.0. The molecule has 0 atom stereocenters. The van der Waals surface area contributed by atoms with Gasteiger partial charge in [0.1, 0.15) is 17.2 Å². The summed E-state index contributed by atoms with van der Waals surface area (Å²) < 4.78 is 29.3. The topological polar surface area (TPSA) is 86.4 Å². The number of halogens is 2. The molecule has 4 heterocycles. The number of pyridine rings is 2. The average Bonchev–Trinajstić information content (AvgIpc) is 3.49. The molecular weight excluding hydrogens is 448 g/mol. The molecule has 9 heteroatoms. The fourth-order valence-corrected chi connectivity index (χ4v) is 4.16. The predicted molar refractivity (Wildman–Crippen MR) is 132 cm³/mol. The number of fused-ring (bicyclic) bond motifs is 2. The molecule has 4 aromatic heterocycles. The summed E-state index contributed by atoms with van der Waals surface area (Å²) in [5, 5.41) is 7.48.